The quantitative estimate of drug-likeness (QED) is 0.663. The smallest absolute Gasteiger partial charge is 0.240 e. The summed E-state index contributed by atoms with van der Waals surface area (Å²) >= 11 is 3.37. The zero-order valence-electron chi connectivity index (χ0n) is 14.1. The summed E-state index contributed by atoms with van der Waals surface area (Å²) in [5.41, 5.74) is 2.57. The monoisotopic (exact) mass is 419 g/mol. The molecular formula is C21H14BrN3O2. The highest BCUT2D eigenvalue weighted by molar-refractivity contribution is 9.10. The third kappa shape index (κ3) is 2.15. The topological polar surface area (TPSA) is 64.4 Å². The number of carbonyl (C=O) groups excluding carboxylic acids is 2. The maximum absolute atomic E-state index is 13.3. The lowest BCUT2D eigenvalue weighted by Crippen LogP contribution is -2.40. The molecule has 2 fully saturated rings. The van der Waals surface area contributed by atoms with Crippen LogP contribution in [0.15, 0.2) is 59.2 Å². The van der Waals surface area contributed by atoms with Gasteiger partial charge in [0.25, 0.3) is 0 Å². The van der Waals surface area contributed by atoms with Gasteiger partial charge in [-0.25, -0.2) is 4.90 Å². The maximum Gasteiger partial charge on any atom is 0.240 e. The minimum atomic E-state index is -0.660. The van der Waals surface area contributed by atoms with Crippen LogP contribution in [0.4, 0.5) is 5.69 Å². The number of nitriles is 1. The first-order valence-electron chi connectivity index (χ1n) is 8.69. The van der Waals surface area contributed by atoms with Crippen molar-refractivity contribution in [3.8, 4) is 6.07 Å². The van der Waals surface area contributed by atoms with E-state index in [0.717, 1.165) is 15.6 Å². The van der Waals surface area contributed by atoms with Gasteiger partial charge < -0.3 is 4.90 Å². The highest BCUT2D eigenvalue weighted by Gasteiger charge is 2.63. The summed E-state index contributed by atoms with van der Waals surface area (Å²) < 4.78 is 0.873. The van der Waals surface area contributed by atoms with Crippen LogP contribution in [0.25, 0.3) is 6.08 Å². The minimum Gasteiger partial charge on any atom is -0.353 e. The number of amides is 2. The molecule has 5 rings (SSSR count). The van der Waals surface area contributed by atoms with Crippen LogP contribution in [0.3, 0.4) is 0 Å². The van der Waals surface area contributed by atoms with Gasteiger partial charge in [-0.1, -0.05) is 40.2 Å². The summed E-state index contributed by atoms with van der Waals surface area (Å²) in [7, 11) is 0. The summed E-state index contributed by atoms with van der Waals surface area (Å²) in [6.45, 7) is 0. The van der Waals surface area contributed by atoms with Crippen molar-refractivity contribution in [3.05, 3.63) is 70.3 Å². The van der Waals surface area contributed by atoms with Crippen molar-refractivity contribution in [3.63, 3.8) is 0 Å². The summed E-state index contributed by atoms with van der Waals surface area (Å²) in [4.78, 5) is 29.7. The molecule has 0 saturated carbocycles. The molecule has 0 spiro atoms. The molecule has 2 aromatic rings. The molecule has 0 bridgehead atoms. The van der Waals surface area contributed by atoms with Gasteiger partial charge in [0.15, 0.2) is 0 Å². The van der Waals surface area contributed by atoms with E-state index in [2.05, 4.69) is 22.0 Å². The molecule has 3 aliphatic heterocycles. The summed E-state index contributed by atoms with van der Waals surface area (Å²) in [6.07, 6.45) is 3.79. The van der Waals surface area contributed by atoms with Gasteiger partial charge >= 0.3 is 0 Å². The van der Waals surface area contributed by atoms with Crippen molar-refractivity contribution in [2.75, 3.05) is 4.90 Å². The number of halogens is 1. The molecule has 2 amide bonds. The van der Waals surface area contributed by atoms with Crippen molar-refractivity contribution in [2.45, 2.75) is 12.1 Å². The first kappa shape index (κ1) is 16.3. The Morgan fingerprint density at radius 1 is 0.963 bits per heavy atom. The Morgan fingerprint density at radius 2 is 1.67 bits per heavy atom. The normalized spacial score (nSPS) is 28.0. The third-order valence-corrected chi connectivity index (χ3v) is 6.21. The average molecular weight is 420 g/mol. The number of benzene rings is 2. The lowest BCUT2D eigenvalue weighted by atomic mass is 9.85. The fraction of sp³-hybridized carbons (Fsp3) is 0.190. The molecule has 2 aromatic carbocycles. The van der Waals surface area contributed by atoms with Crippen LogP contribution in [-0.2, 0) is 9.59 Å². The Kier molecular flexibility index (Phi) is 3.49. The predicted octanol–water partition coefficient (Wildman–Crippen LogP) is 3.49. The van der Waals surface area contributed by atoms with Crippen molar-refractivity contribution in [1.29, 1.82) is 5.26 Å². The van der Waals surface area contributed by atoms with Crippen molar-refractivity contribution in [2.24, 2.45) is 11.8 Å². The molecule has 0 aliphatic carbocycles. The van der Waals surface area contributed by atoms with E-state index in [-0.39, 0.29) is 17.9 Å². The van der Waals surface area contributed by atoms with Gasteiger partial charge in [-0.2, -0.15) is 5.26 Å². The largest absolute Gasteiger partial charge is 0.353 e. The first-order chi connectivity index (χ1) is 13.1. The van der Waals surface area contributed by atoms with E-state index in [9.17, 15) is 14.9 Å². The molecule has 0 radical (unpaired) electrons. The Bertz CT molecular complexity index is 1040. The fourth-order valence-electron chi connectivity index (χ4n) is 4.55. The van der Waals surface area contributed by atoms with Gasteiger partial charge in [-0.15, -0.1) is 0 Å². The molecule has 0 N–H and O–H groups in total. The number of hydrogen-bond donors (Lipinski definition) is 0. The molecule has 2 saturated heterocycles. The maximum atomic E-state index is 13.3. The Morgan fingerprint density at radius 3 is 2.41 bits per heavy atom. The van der Waals surface area contributed by atoms with Crippen LogP contribution in [-0.4, -0.2) is 22.8 Å². The standard InChI is InChI=1S/C21H14BrN3O2/c22-13-5-7-14(8-6-13)25-20(26)17-16(11-23)24-10-9-12-3-1-2-4-15(12)19(24)18(17)21(25)27/h1-10,16-19H/t16-,17-,18-,19-/m0/s1. The number of fused-ring (bicyclic) bond motifs is 5. The van der Waals surface area contributed by atoms with Gasteiger partial charge in [0.05, 0.1) is 29.6 Å². The molecule has 3 aliphatic rings. The van der Waals surface area contributed by atoms with E-state index in [1.165, 1.54) is 4.90 Å². The van der Waals surface area contributed by atoms with Gasteiger partial charge in [0.2, 0.25) is 11.8 Å². The average Bonchev–Trinajstić information content (AvgIpc) is 3.15. The summed E-state index contributed by atoms with van der Waals surface area (Å²) in [5.74, 6) is -1.74. The van der Waals surface area contributed by atoms with Crippen LogP contribution in [0.1, 0.15) is 17.2 Å². The molecule has 132 valence electrons. The van der Waals surface area contributed by atoms with Crippen LogP contribution in [0.2, 0.25) is 0 Å². The number of imide groups is 1. The predicted molar refractivity (Wildman–Crippen MR) is 103 cm³/mol. The zero-order valence-corrected chi connectivity index (χ0v) is 15.7. The second-order valence-electron chi connectivity index (χ2n) is 6.95. The molecule has 6 heteroatoms. The van der Waals surface area contributed by atoms with Crippen molar-refractivity contribution in [1.82, 2.24) is 4.90 Å². The fourth-order valence-corrected chi connectivity index (χ4v) is 4.81. The first-order valence-corrected chi connectivity index (χ1v) is 9.48. The molecule has 5 nitrogen and oxygen atoms in total. The highest BCUT2D eigenvalue weighted by Crippen LogP contribution is 2.52. The molecule has 0 aromatic heterocycles. The van der Waals surface area contributed by atoms with Crippen LogP contribution >= 0.6 is 15.9 Å². The lowest BCUT2D eigenvalue weighted by molar-refractivity contribution is -0.123. The van der Waals surface area contributed by atoms with Crippen LogP contribution in [0.5, 0.6) is 0 Å². The number of hydrogen-bond acceptors (Lipinski definition) is 4. The van der Waals surface area contributed by atoms with Gasteiger partial charge in [-0.05, 0) is 41.5 Å². The highest BCUT2D eigenvalue weighted by atomic mass is 79.9. The number of rotatable bonds is 1. The van der Waals surface area contributed by atoms with E-state index >= 15 is 0 Å². The Labute approximate surface area is 164 Å². The number of anilines is 1. The van der Waals surface area contributed by atoms with Gasteiger partial charge in [0, 0.05) is 10.7 Å². The molecule has 27 heavy (non-hydrogen) atoms. The second kappa shape index (κ2) is 5.80. The molecule has 0 unspecified atom stereocenters. The minimum absolute atomic E-state index is 0.231. The SMILES string of the molecule is N#C[C@H]1[C@@H]2C(=O)N(c3ccc(Br)cc3)C(=O)[C@@H]2[C@@H]2c3ccccc3C=CN12. The van der Waals surface area contributed by atoms with Crippen molar-refractivity contribution >= 4 is 39.5 Å². The van der Waals surface area contributed by atoms with E-state index in [1.807, 2.05) is 41.4 Å². The third-order valence-electron chi connectivity index (χ3n) is 5.68. The van der Waals surface area contributed by atoms with E-state index < -0.39 is 17.9 Å². The van der Waals surface area contributed by atoms with Crippen LogP contribution < -0.4 is 4.90 Å². The van der Waals surface area contributed by atoms with Crippen molar-refractivity contribution < 1.29 is 9.59 Å². The molecule has 4 atom stereocenters. The molecule has 3 heterocycles. The van der Waals surface area contributed by atoms with Gasteiger partial charge in [0.1, 0.15) is 6.04 Å². The second-order valence-corrected chi connectivity index (χ2v) is 7.87. The van der Waals surface area contributed by atoms with Gasteiger partial charge in [-0.3, -0.25) is 9.59 Å². The number of nitrogens with zero attached hydrogens (tertiary/aromatic N) is 3. The van der Waals surface area contributed by atoms with E-state index in [0.29, 0.717) is 5.69 Å². The Balaban J connectivity index is 1.63. The van der Waals surface area contributed by atoms with E-state index in [4.69, 9.17) is 0 Å². The lowest BCUT2D eigenvalue weighted by Gasteiger charge is -2.33. The summed E-state index contributed by atoms with van der Waals surface area (Å²) in [5, 5.41) is 9.78. The summed E-state index contributed by atoms with van der Waals surface area (Å²) in [6, 6.07) is 16.3. The Hall–Kier alpha value is -2.91. The zero-order chi connectivity index (χ0) is 18.7. The number of carbonyl (C=O) groups is 2. The van der Waals surface area contributed by atoms with Crippen LogP contribution in [0, 0.1) is 23.2 Å². The van der Waals surface area contributed by atoms with E-state index in [1.54, 1.807) is 24.3 Å². The molecular weight excluding hydrogens is 406 g/mol.